The van der Waals surface area contributed by atoms with Crippen LogP contribution in [0.3, 0.4) is 0 Å². The van der Waals surface area contributed by atoms with Gasteiger partial charge in [0.2, 0.25) is 0 Å². The third kappa shape index (κ3) is 7.59. The van der Waals surface area contributed by atoms with Crippen molar-refractivity contribution in [2.24, 2.45) is 21.8 Å². The monoisotopic (exact) mass is 463 g/mol. The van der Waals surface area contributed by atoms with Gasteiger partial charge in [-0.2, -0.15) is 5.10 Å². The molecule has 11 heteroatoms. The summed E-state index contributed by atoms with van der Waals surface area (Å²) in [5.41, 5.74) is 4.50. The van der Waals surface area contributed by atoms with Gasteiger partial charge < -0.3 is 26.2 Å². The lowest BCUT2D eigenvalue weighted by Gasteiger charge is -2.11. The van der Waals surface area contributed by atoms with Gasteiger partial charge in [-0.3, -0.25) is 4.79 Å². The van der Waals surface area contributed by atoms with E-state index >= 15 is 0 Å². The fourth-order valence-electron chi connectivity index (χ4n) is 2.68. The highest BCUT2D eigenvalue weighted by Gasteiger charge is 2.18. The van der Waals surface area contributed by atoms with Crippen LogP contribution in [0.4, 0.5) is 10.5 Å². The van der Waals surface area contributed by atoms with Crippen molar-refractivity contribution in [1.29, 1.82) is 0 Å². The van der Waals surface area contributed by atoms with Gasteiger partial charge in [0.15, 0.2) is 5.78 Å². The van der Waals surface area contributed by atoms with Crippen LogP contribution < -0.4 is 21.8 Å². The summed E-state index contributed by atoms with van der Waals surface area (Å²) < 4.78 is 5.52. The van der Waals surface area contributed by atoms with Gasteiger partial charge in [-0.1, -0.05) is 30.3 Å². The molecule has 0 aliphatic rings. The van der Waals surface area contributed by atoms with Gasteiger partial charge in [0, 0.05) is 5.56 Å². The molecule has 11 nitrogen and oxygen atoms in total. The van der Waals surface area contributed by atoms with Crippen molar-refractivity contribution in [3.63, 3.8) is 0 Å². The van der Waals surface area contributed by atoms with Gasteiger partial charge in [0.25, 0.3) is 0 Å². The van der Waals surface area contributed by atoms with Crippen molar-refractivity contribution in [3.05, 3.63) is 95.1 Å². The number of rotatable bonds is 7. The SMILES string of the molecule is NN=Cc1ccc(OC(=O)c2ccc(N=CNN)cc2)c(C(=O)c2ccccc2)c1.O=C(O)O. The number of carboxylic acid groups (broad SMARTS) is 2. The highest BCUT2D eigenvalue weighted by molar-refractivity contribution is 6.12. The molecule has 0 atom stereocenters. The molecule has 7 N–H and O–H groups in total. The van der Waals surface area contributed by atoms with Gasteiger partial charge in [0.1, 0.15) is 12.1 Å². The second-order valence-corrected chi connectivity index (χ2v) is 6.37. The molecule has 0 saturated carbocycles. The molecule has 0 fully saturated rings. The summed E-state index contributed by atoms with van der Waals surface area (Å²) in [4.78, 5) is 38.2. The van der Waals surface area contributed by atoms with E-state index in [1.54, 1.807) is 60.7 Å². The molecule has 3 aromatic rings. The first-order chi connectivity index (χ1) is 16.3. The predicted octanol–water partition coefficient (Wildman–Crippen LogP) is 2.77. The molecule has 0 unspecified atom stereocenters. The molecular formula is C23H21N5O6. The number of carbonyl (C=O) groups excluding carboxylic acids is 2. The number of ketones is 1. The summed E-state index contributed by atoms with van der Waals surface area (Å²) in [7, 11) is 0. The molecule has 0 heterocycles. The quantitative estimate of drug-likeness (QED) is 0.0667. The maximum atomic E-state index is 13.0. The zero-order chi connectivity index (χ0) is 24.9. The number of nitrogens with zero attached hydrogens (tertiary/aromatic N) is 2. The fraction of sp³-hybridized carbons (Fsp3) is 0. The molecule has 0 aromatic heterocycles. The van der Waals surface area contributed by atoms with E-state index < -0.39 is 12.1 Å². The van der Waals surface area contributed by atoms with Crippen LogP contribution in [0.5, 0.6) is 5.75 Å². The van der Waals surface area contributed by atoms with Crippen LogP contribution in [0.25, 0.3) is 0 Å². The van der Waals surface area contributed by atoms with Crippen molar-refractivity contribution < 1.29 is 29.3 Å². The molecule has 0 aliphatic carbocycles. The van der Waals surface area contributed by atoms with Crippen LogP contribution >= 0.6 is 0 Å². The van der Waals surface area contributed by atoms with E-state index in [0.717, 1.165) is 0 Å². The first kappa shape index (κ1) is 25.2. The van der Waals surface area contributed by atoms with Crippen molar-refractivity contribution in [3.8, 4) is 5.75 Å². The first-order valence-electron chi connectivity index (χ1n) is 9.55. The van der Waals surface area contributed by atoms with E-state index in [-0.39, 0.29) is 17.1 Å². The molecule has 0 bridgehead atoms. The topological polar surface area (TPSA) is 190 Å². The predicted molar refractivity (Wildman–Crippen MR) is 126 cm³/mol. The summed E-state index contributed by atoms with van der Waals surface area (Å²) in [5, 5.41) is 17.4. The summed E-state index contributed by atoms with van der Waals surface area (Å²) in [6, 6.07) is 19.9. The Morgan fingerprint density at radius 2 is 1.56 bits per heavy atom. The molecular weight excluding hydrogens is 442 g/mol. The van der Waals surface area contributed by atoms with Crippen LogP contribution in [-0.2, 0) is 0 Å². The van der Waals surface area contributed by atoms with E-state index in [1.807, 2.05) is 6.07 Å². The molecule has 3 aromatic carbocycles. The second kappa shape index (κ2) is 12.7. The van der Waals surface area contributed by atoms with Gasteiger partial charge in [-0.25, -0.2) is 20.4 Å². The number of carbonyl (C=O) groups is 3. The van der Waals surface area contributed by atoms with Crippen LogP contribution in [-0.4, -0.2) is 40.7 Å². The van der Waals surface area contributed by atoms with E-state index in [2.05, 4.69) is 15.5 Å². The molecule has 0 aliphatic heterocycles. The molecule has 3 rings (SSSR count). The zero-order valence-corrected chi connectivity index (χ0v) is 17.7. The average molecular weight is 463 g/mol. The standard InChI is InChI=1S/C22H19N5O3.CH2O3/c23-26-13-15-6-11-20(19(12-15)21(28)16-4-2-1-3-5-16)30-22(29)17-7-9-18(10-8-17)25-14-27-24;2-1(3)4/h1-14H,23-24H2,(H,25,27);(H2,2,3,4). The Balaban J connectivity index is 0.000000945. The van der Waals surface area contributed by atoms with E-state index in [4.69, 9.17) is 31.4 Å². The third-order valence-corrected chi connectivity index (χ3v) is 4.10. The Labute approximate surface area is 194 Å². The number of hydrazone groups is 1. The average Bonchev–Trinajstić information content (AvgIpc) is 2.84. The fourth-order valence-corrected chi connectivity index (χ4v) is 2.68. The van der Waals surface area contributed by atoms with Crippen LogP contribution in [0.1, 0.15) is 31.8 Å². The normalized spacial score (nSPS) is 10.4. The Bertz CT molecular complexity index is 1190. The Morgan fingerprint density at radius 1 is 0.912 bits per heavy atom. The smallest absolute Gasteiger partial charge is 0.450 e. The molecule has 0 saturated heterocycles. The molecule has 0 amide bonds. The van der Waals surface area contributed by atoms with Crippen LogP contribution in [0.15, 0.2) is 82.9 Å². The van der Waals surface area contributed by atoms with Crippen molar-refractivity contribution >= 4 is 36.1 Å². The van der Waals surface area contributed by atoms with E-state index in [0.29, 0.717) is 22.4 Å². The van der Waals surface area contributed by atoms with Crippen molar-refractivity contribution in [2.75, 3.05) is 0 Å². The number of benzene rings is 3. The highest BCUT2D eigenvalue weighted by atomic mass is 16.6. The number of aliphatic imine (C=N–C) groups is 1. The molecule has 0 radical (unpaired) electrons. The second-order valence-electron chi connectivity index (χ2n) is 6.37. The number of esters is 1. The lowest BCUT2D eigenvalue weighted by molar-refractivity contribution is 0.0732. The number of hydrazine groups is 1. The molecule has 174 valence electrons. The summed E-state index contributed by atoms with van der Waals surface area (Å²) in [6.45, 7) is 0. The molecule has 0 spiro atoms. The van der Waals surface area contributed by atoms with Gasteiger partial charge in [0.05, 0.1) is 23.0 Å². The molecule has 34 heavy (non-hydrogen) atoms. The van der Waals surface area contributed by atoms with Gasteiger partial charge >= 0.3 is 12.1 Å². The summed E-state index contributed by atoms with van der Waals surface area (Å²) >= 11 is 0. The Kier molecular flexibility index (Phi) is 9.45. The van der Waals surface area contributed by atoms with E-state index in [1.165, 1.54) is 18.6 Å². The van der Waals surface area contributed by atoms with Gasteiger partial charge in [-0.15, -0.1) is 0 Å². The van der Waals surface area contributed by atoms with Crippen LogP contribution in [0, 0.1) is 0 Å². The largest absolute Gasteiger partial charge is 0.503 e. The minimum absolute atomic E-state index is 0.137. The van der Waals surface area contributed by atoms with Crippen LogP contribution in [0.2, 0.25) is 0 Å². The zero-order valence-electron chi connectivity index (χ0n) is 17.7. The number of nitrogens with two attached hydrogens (primary N) is 2. The summed E-state index contributed by atoms with van der Waals surface area (Å²) in [5.74, 6) is 9.59. The first-order valence-corrected chi connectivity index (χ1v) is 9.55. The lowest BCUT2D eigenvalue weighted by Crippen LogP contribution is -2.18. The Hall–Kier alpha value is -5.03. The number of hydrogen-bond donors (Lipinski definition) is 5. The lowest BCUT2D eigenvalue weighted by atomic mass is 10.0. The maximum Gasteiger partial charge on any atom is 0.503 e. The Morgan fingerprint density at radius 3 is 2.15 bits per heavy atom. The number of hydrogen-bond acceptors (Lipinski definition) is 8. The van der Waals surface area contributed by atoms with E-state index in [9.17, 15) is 9.59 Å². The number of ether oxygens (including phenoxy) is 1. The summed E-state index contributed by atoms with van der Waals surface area (Å²) in [6.07, 6.45) is 0.893. The van der Waals surface area contributed by atoms with Crippen molar-refractivity contribution in [2.45, 2.75) is 0 Å². The van der Waals surface area contributed by atoms with Gasteiger partial charge in [-0.05, 0) is 48.0 Å². The minimum Gasteiger partial charge on any atom is -0.450 e. The van der Waals surface area contributed by atoms with Crippen molar-refractivity contribution in [1.82, 2.24) is 5.43 Å². The third-order valence-electron chi connectivity index (χ3n) is 4.10. The number of nitrogens with one attached hydrogen (secondary N) is 1. The maximum absolute atomic E-state index is 13.0. The minimum atomic E-state index is -1.83. The highest BCUT2D eigenvalue weighted by Crippen LogP contribution is 2.24.